The summed E-state index contributed by atoms with van der Waals surface area (Å²) in [5, 5.41) is 7.35. The van der Waals surface area contributed by atoms with Crippen molar-refractivity contribution in [3.8, 4) is 33.9 Å². The van der Waals surface area contributed by atoms with Crippen molar-refractivity contribution >= 4 is 32.3 Å². The molecule has 6 aromatic carbocycles. The maximum absolute atomic E-state index is 5.11. The average molecular weight is 459 g/mol. The lowest BCUT2D eigenvalue weighted by atomic mass is 9.93. The molecular formula is C34H22N2. The number of fused-ring (bicyclic) bond motifs is 5. The van der Waals surface area contributed by atoms with Crippen LogP contribution in [0.15, 0.2) is 133 Å². The standard InChI is InChI=1S/C34H22N2/c1-3-12-24(13-4-1)31-22-32(25-14-5-2-6-15-25)36-34(35-31)30-21-26-20-19-23-11-7-8-16-27(23)33(26)29-18-10-9-17-28(29)30/h1-22H. The van der Waals surface area contributed by atoms with E-state index in [4.69, 9.17) is 9.97 Å². The van der Waals surface area contributed by atoms with Gasteiger partial charge in [-0.2, -0.15) is 0 Å². The van der Waals surface area contributed by atoms with Gasteiger partial charge in [0.1, 0.15) is 0 Å². The first-order valence-electron chi connectivity index (χ1n) is 12.2. The van der Waals surface area contributed by atoms with Crippen LogP contribution in [0.25, 0.3) is 66.2 Å². The monoisotopic (exact) mass is 458 g/mol. The minimum atomic E-state index is 0.737. The summed E-state index contributed by atoms with van der Waals surface area (Å²) in [5.41, 5.74) is 5.04. The third-order valence-electron chi connectivity index (χ3n) is 6.85. The summed E-state index contributed by atoms with van der Waals surface area (Å²) in [5.74, 6) is 0.737. The van der Waals surface area contributed by atoms with E-state index in [9.17, 15) is 0 Å². The van der Waals surface area contributed by atoms with Crippen LogP contribution >= 0.6 is 0 Å². The fourth-order valence-electron chi connectivity index (χ4n) is 5.14. The highest BCUT2D eigenvalue weighted by Crippen LogP contribution is 2.38. The van der Waals surface area contributed by atoms with Gasteiger partial charge in [0, 0.05) is 16.7 Å². The van der Waals surface area contributed by atoms with E-state index in [1.165, 1.54) is 26.9 Å². The molecule has 0 fully saturated rings. The lowest BCUT2D eigenvalue weighted by Crippen LogP contribution is -1.97. The largest absolute Gasteiger partial charge is 0.228 e. The zero-order chi connectivity index (χ0) is 23.9. The van der Waals surface area contributed by atoms with Gasteiger partial charge in [-0.05, 0) is 44.5 Å². The highest BCUT2D eigenvalue weighted by atomic mass is 14.9. The molecule has 1 aromatic heterocycles. The quantitative estimate of drug-likeness (QED) is 0.247. The van der Waals surface area contributed by atoms with Gasteiger partial charge in [0.2, 0.25) is 0 Å². The van der Waals surface area contributed by atoms with Crippen molar-refractivity contribution in [3.63, 3.8) is 0 Å². The molecule has 0 radical (unpaired) electrons. The van der Waals surface area contributed by atoms with E-state index >= 15 is 0 Å². The van der Waals surface area contributed by atoms with Crippen molar-refractivity contribution in [2.75, 3.05) is 0 Å². The van der Waals surface area contributed by atoms with Crippen LogP contribution in [0.4, 0.5) is 0 Å². The van der Waals surface area contributed by atoms with E-state index in [0.717, 1.165) is 39.3 Å². The van der Waals surface area contributed by atoms with E-state index < -0.39 is 0 Å². The summed E-state index contributed by atoms with van der Waals surface area (Å²) in [6.45, 7) is 0. The fraction of sp³-hybridized carbons (Fsp3) is 0. The Kier molecular flexibility index (Phi) is 4.82. The van der Waals surface area contributed by atoms with Gasteiger partial charge in [-0.3, -0.25) is 0 Å². The summed E-state index contributed by atoms with van der Waals surface area (Å²) < 4.78 is 0. The van der Waals surface area contributed by atoms with E-state index in [1.54, 1.807) is 0 Å². The third-order valence-corrected chi connectivity index (χ3v) is 6.85. The molecule has 0 spiro atoms. The van der Waals surface area contributed by atoms with E-state index in [1.807, 2.05) is 12.1 Å². The molecule has 0 saturated heterocycles. The average Bonchev–Trinajstić information content (AvgIpc) is 2.97. The Bertz CT molecular complexity index is 1820. The first-order valence-corrected chi connectivity index (χ1v) is 12.2. The summed E-state index contributed by atoms with van der Waals surface area (Å²) in [6.07, 6.45) is 0. The van der Waals surface area contributed by atoms with Gasteiger partial charge in [-0.1, -0.05) is 121 Å². The van der Waals surface area contributed by atoms with Crippen molar-refractivity contribution in [2.45, 2.75) is 0 Å². The Labute approximate surface area is 209 Å². The second-order valence-electron chi connectivity index (χ2n) is 9.05. The number of rotatable bonds is 3. The first-order chi connectivity index (χ1) is 17.8. The minimum Gasteiger partial charge on any atom is -0.228 e. The maximum atomic E-state index is 5.11. The van der Waals surface area contributed by atoms with Gasteiger partial charge in [0.25, 0.3) is 0 Å². The molecule has 0 saturated carbocycles. The molecule has 0 N–H and O–H groups in total. The van der Waals surface area contributed by atoms with Crippen LogP contribution in [0.1, 0.15) is 0 Å². The molecule has 0 amide bonds. The Morgan fingerprint density at radius 1 is 0.389 bits per heavy atom. The van der Waals surface area contributed by atoms with Gasteiger partial charge in [0.15, 0.2) is 5.82 Å². The van der Waals surface area contributed by atoms with Crippen LogP contribution in [0.3, 0.4) is 0 Å². The van der Waals surface area contributed by atoms with Crippen molar-refractivity contribution in [3.05, 3.63) is 133 Å². The van der Waals surface area contributed by atoms with Crippen molar-refractivity contribution in [1.82, 2.24) is 9.97 Å². The van der Waals surface area contributed by atoms with Crippen LogP contribution in [0.5, 0.6) is 0 Å². The van der Waals surface area contributed by atoms with Crippen LogP contribution in [0, 0.1) is 0 Å². The highest BCUT2D eigenvalue weighted by molar-refractivity contribution is 6.23. The van der Waals surface area contributed by atoms with Crippen LogP contribution in [0.2, 0.25) is 0 Å². The molecule has 1 heterocycles. The summed E-state index contributed by atoms with van der Waals surface area (Å²) in [6, 6.07) is 46.7. The first kappa shape index (κ1) is 20.5. The molecule has 36 heavy (non-hydrogen) atoms. The number of hydrogen-bond acceptors (Lipinski definition) is 2. The summed E-state index contributed by atoms with van der Waals surface area (Å²) in [4.78, 5) is 10.2. The maximum Gasteiger partial charge on any atom is 0.161 e. The molecule has 2 nitrogen and oxygen atoms in total. The molecule has 2 heteroatoms. The number of nitrogens with zero attached hydrogens (tertiary/aromatic N) is 2. The number of hydrogen-bond donors (Lipinski definition) is 0. The smallest absolute Gasteiger partial charge is 0.161 e. The van der Waals surface area contributed by atoms with Crippen molar-refractivity contribution in [2.24, 2.45) is 0 Å². The van der Waals surface area contributed by atoms with Gasteiger partial charge in [0.05, 0.1) is 11.4 Å². The van der Waals surface area contributed by atoms with Crippen molar-refractivity contribution in [1.29, 1.82) is 0 Å². The fourth-order valence-corrected chi connectivity index (χ4v) is 5.14. The molecule has 7 aromatic rings. The topological polar surface area (TPSA) is 25.8 Å². The molecule has 0 atom stereocenters. The lowest BCUT2D eigenvalue weighted by molar-refractivity contribution is 1.19. The molecule has 168 valence electrons. The number of aromatic nitrogens is 2. The Morgan fingerprint density at radius 2 is 0.917 bits per heavy atom. The number of benzene rings is 6. The highest BCUT2D eigenvalue weighted by Gasteiger charge is 2.15. The van der Waals surface area contributed by atoms with Gasteiger partial charge >= 0.3 is 0 Å². The predicted octanol–water partition coefficient (Wildman–Crippen LogP) is 8.94. The third kappa shape index (κ3) is 3.43. The molecule has 0 unspecified atom stereocenters. The minimum absolute atomic E-state index is 0.737. The molecule has 0 aliphatic carbocycles. The zero-order valence-electron chi connectivity index (χ0n) is 19.6. The van der Waals surface area contributed by atoms with Crippen LogP contribution in [-0.2, 0) is 0 Å². The van der Waals surface area contributed by atoms with E-state index in [-0.39, 0.29) is 0 Å². The van der Waals surface area contributed by atoms with Crippen LogP contribution in [-0.4, -0.2) is 9.97 Å². The van der Waals surface area contributed by atoms with Gasteiger partial charge < -0.3 is 0 Å². The van der Waals surface area contributed by atoms with Crippen LogP contribution < -0.4 is 0 Å². The SMILES string of the molecule is c1ccc(-c2cc(-c3ccccc3)nc(-c3cc4ccc5ccccc5c4c4ccccc34)n2)cc1. The predicted molar refractivity (Wildman–Crippen MR) is 151 cm³/mol. The zero-order valence-corrected chi connectivity index (χ0v) is 19.6. The second-order valence-corrected chi connectivity index (χ2v) is 9.05. The normalized spacial score (nSPS) is 11.3. The molecule has 0 aliphatic rings. The van der Waals surface area contributed by atoms with Gasteiger partial charge in [-0.25, -0.2) is 9.97 Å². The van der Waals surface area contributed by atoms with Gasteiger partial charge in [-0.15, -0.1) is 0 Å². The molecule has 7 rings (SSSR count). The van der Waals surface area contributed by atoms with E-state index in [2.05, 4.69) is 121 Å². The molecular weight excluding hydrogens is 436 g/mol. The summed E-state index contributed by atoms with van der Waals surface area (Å²) >= 11 is 0. The lowest BCUT2D eigenvalue weighted by Gasteiger charge is -2.14. The van der Waals surface area contributed by atoms with Crippen molar-refractivity contribution < 1.29 is 0 Å². The Balaban J connectivity index is 1.56. The molecule has 0 bridgehead atoms. The second kappa shape index (κ2) is 8.44. The Morgan fingerprint density at radius 3 is 1.58 bits per heavy atom. The molecule has 0 aliphatic heterocycles. The Hall–Kier alpha value is -4.82. The van der Waals surface area contributed by atoms with E-state index in [0.29, 0.717) is 0 Å². The summed E-state index contributed by atoms with van der Waals surface area (Å²) in [7, 11) is 0.